The summed E-state index contributed by atoms with van der Waals surface area (Å²) in [5.41, 5.74) is -0.382. The largest absolute Gasteiger partial charge is 0.389 e. The van der Waals surface area contributed by atoms with Gasteiger partial charge < -0.3 is 10.4 Å². The normalized spacial score (nSPS) is 22.5. The molecule has 1 rings (SSSR count). The molecule has 0 saturated heterocycles. The van der Waals surface area contributed by atoms with Crippen LogP contribution in [0.5, 0.6) is 0 Å². The van der Waals surface area contributed by atoms with E-state index in [9.17, 15) is 5.11 Å². The average Bonchev–Trinajstić information content (AvgIpc) is 2.06. The van der Waals surface area contributed by atoms with Gasteiger partial charge in [0.25, 0.3) is 0 Å². The first kappa shape index (κ1) is 10.0. The van der Waals surface area contributed by atoms with E-state index in [0.717, 1.165) is 32.4 Å². The fourth-order valence-corrected chi connectivity index (χ4v) is 1.88. The first-order chi connectivity index (χ1) is 5.77. The molecule has 1 fully saturated rings. The summed E-state index contributed by atoms with van der Waals surface area (Å²) in [5.74, 6) is 0. The summed E-state index contributed by atoms with van der Waals surface area (Å²) < 4.78 is 0. The number of rotatable bonds is 4. The fraction of sp³-hybridized carbons (Fsp3) is 1.00. The molecular weight excluding hydrogens is 150 g/mol. The quantitative estimate of drug-likeness (QED) is 0.631. The highest BCUT2D eigenvalue weighted by molar-refractivity contribution is 4.84. The molecule has 72 valence electrons. The molecule has 0 aromatic heterocycles. The van der Waals surface area contributed by atoms with Crippen LogP contribution in [0.15, 0.2) is 0 Å². The van der Waals surface area contributed by atoms with Crippen LogP contribution in [0.25, 0.3) is 0 Å². The van der Waals surface area contributed by atoms with Crippen molar-refractivity contribution in [2.75, 3.05) is 13.1 Å². The molecule has 1 saturated carbocycles. The number of nitrogens with one attached hydrogen (secondary N) is 1. The molecule has 0 aromatic carbocycles. The van der Waals surface area contributed by atoms with E-state index < -0.39 is 0 Å². The highest BCUT2D eigenvalue weighted by Gasteiger charge is 2.28. The Balaban J connectivity index is 2.17. The van der Waals surface area contributed by atoms with E-state index in [0.29, 0.717) is 0 Å². The van der Waals surface area contributed by atoms with Gasteiger partial charge in [0.1, 0.15) is 0 Å². The minimum Gasteiger partial charge on any atom is -0.389 e. The molecular formula is C10H21NO. The standard InChI is InChI=1S/C10H21NO/c1-2-8-11-9-10(12)6-4-3-5-7-10/h11-12H,2-9H2,1H3. The summed E-state index contributed by atoms with van der Waals surface area (Å²) in [5, 5.41) is 13.3. The van der Waals surface area contributed by atoms with Crippen LogP contribution in [-0.4, -0.2) is 23.8 Å². The van der Waals surface area contributed by atoms with Crippen molar-refractivity contribution >= 4 is 0 Å². The van der Waals surface area contributed by atoms with Gasteiger partial charge in [0.05, 0.1) is 5.60 Å². The Morgan fingerprint density at radius 1 is 1.25 bits per heavy atom. The van der Waals surface area contributed by atoms with E-state index >= 15 is 0 Å². The molecule has 2 nitrogen and oxygen atoms in total. The van der Waals surface area contributed by atoms with Crippen molar-refractivity contribution in [3.05, 3.63) is 0 Å². The fourth-order valence-electron chi connectivity index (χ4n) is 1.88. The maximum Gasteiger partial charge on any atom is 0.0771 e. The van der Waals surface area contributed by atoms with Crippen LogP contribution < -0.4 is 5.32 Å². The lowest BCUT2D eigenvalue weighted by molar-refractivity contribution is 0.00513. The summed E-state index contributed by atoms with van der Waals surface area (Å²) in [6.07, 6.45) is 6.83. The van der Waals surface area contributed by atoms with Gasteiger partial charge in [-0.05, 0) is 25.8 Å². The summed E-state index contributed by atoms with van der Waals surface area (Å²) >= 11 is 0. The molecule has 2 heteroatoms. The van der Waals surface area contributed by atoms with Crippen molar-refractivity contribution < 1.29 is 5.11 Å². The van der Waals surface area contributed by atoms with Crippen LogP contribution in [0, 0.1) is 0 Å². The van der Waals surface area contributed by atoms with Crippen molar-refractivity contribution in [2.45, 2.75) is 51.0 Å². The molecule has 2 N–H and O–H groups in total. The highest BCUT2D eigenvalue weighted by atomic mass is 16.3. The van der Waals surface area contributed by atoms with Crippen LogP contribution in [-0.2, 0) is 0 Å². The minimum atomic E-state index is -0.382. The van der Waals surface area contributed by atoms with Gasteiger partial charge >= 0.3 is 0 Å². The van der Waals surface area contributed by atoms with Gasteiger partial charge in [-0.1, -0.05) is 26.2 Å². The van der Waals surface area contributed by atoms with Gasteiger partial charge in [-0.15, -0.1) is 0 Å². The molecule has 0 atom stereocenters. The molecule has 0 amide bonds. The lowest BCUT2D eigenvalue weighted by Crippen LogP contribution is -2.42. The first-order valence-electron chi connectivity index (χ1n) is 5.20. The van der Waals surface area contributed by atoms with Gasteiger partial charge in [-0.3, -0.25) is 0 Å². The Morgan fingerprint density at radius 2 is 1.92 bits per heavy atom. The SMILES string of the molecule is CCCNCC1(O)CCCCC1. The van der Waals surface area contributed by atoms with Crippen LogP contribution in [0.1, 0.15) is 45.4 Å². The summed E-state index contributed by atoms with van der Waals surface area (Å²) in [4.78, 5) is 0. The number of aliphatic hydroxyl groups is 1. The maximum atomic E-state index is 10.0. The van der Waals surface area contributed by atoms with Gasteiger partial charge in [0, 0.05) is 6.54 Å². The second-order valence-electron chi connectivity index (χ2n) is 3.96. The Hall–Kier alpha value is -0.0800. The van der Waals surface area contributed by atoms with Crippen molar-refractivity contribution in [2.24, 2.45) is 0 Å². The zero-order chi connectivity index (χ0) is 8.86. The van der Waals surface area contributed by atoms with E-state index in [-0.39, 0.29) is 5.60 Å². The molecule has 1 aliphatic carbocycles. The zero-order valence-electron chi connectivity index (χ0n) is 8.10. The summed E-state index contributed by atoms with van der Waals surface area (Å²) in [6.45, 7) is 3.97. The molecule has 0 aromatic rings. The molecule has 0 aliphatic heterocycles. The van der Waals surface area contributed by atoms with Crippen molar-refractivity contribution in [3.63, 3.8) is 0 Å². The molecule has 0 spiro atoms. The van der Waals surface area contributed by atoms with E-state index in [4.69, 9.17) is 0 Å². The summed E-state index contributed by atoms with van der Waals surface area (Å²) in [6, 6.07) is 0. The molecule has 12 heavy (non-hydrogen) atoms. The predicted octanol–water partition coefficient (Wildman–Crippen LogP) is 1.68. The lowest BCUT2D eigenvalue weighted by atomic mass is 9.85. The van der Waals surface area contributed by atoms with Crippen LogP contribution >= 0.6 is 0 Å². The molecule has 0 heterocycles. The Labute approximate surface area is 75.4 Å². The second-order valence-corrected chi connectivity index (χ2v) is 3.96. The minimum absolute atomic E-state index is 0.382. The maximum absolute atomic E-state index is 10.0. The zero-order valence-corrected chi connectivity index (χ0v) is 8.10. The van der Waals surface area contributed by atoms with E-state index in [2.05, 4.69) is 12.2 Å². The van der Waals surface area contributed by atoms with Gasteiger partial charge in [0.2, 0.25) is 0 Å². The molecule has 1 aliphatic rings. The van der Waals surface area contributed by atoms with Gasteiger partial charge in [0.15, 0.2) is 0 Å². The van der Waals surface area contributed by atoms with Crippen molar-refractivity contribution in [1.82, 2.24) is 5.32 Å². The molecule has 0 bridgehead atoms. The number of hydrogen-bond acceptors (Lipinski definition) is 2. The predicted molar refractivity (Wildman–Crippen MR) is 51.2 cm³/mol. The smallest absolute Gasteiger partial charge is 0.0771 e. The second kappa shape index (κ2) is 4.83. The van der Waals surface area contributed by atoms with E-state index in [1.165, 1.54) is 19.3 Å². The van der Waals surface area contributed by atoms with Crippen LogP contribution in [0.3, 0.4) is 0 Å². The molecule has 0 unspecified atom stereocenters. The first-order valence-corrected chi connectivity index (χ1v) is 5.20. The number of hydrogen-bond donors (Lipinski definition) is 2. The third kappa shape index (κ3) is 3.11. The van der Waals surface area contributed by atoms with Crippen LogP contribution in [0.2, 0.25) is 0 Å². The topological polar surface area (TPSA) is 32.3 Å². The average molecular weight is 171 g/mol. The monoisotopic (exact) mass is 171 g/mol. The van der Waals surface area contributed by atoms with Crippen LogP contribution in [0.4, 0.5) is 0 Å². The van der Waals surface area contributed by atoms with Crippen molar-refractivity contribution in [3.8, 4) is 0 Å². The third-order valence-electron chi connectivity index (χ3n) is 2.67. The van der Waals surface area contributed by atoms with Gasteiger partial charge in [-0.2, -0.15) is 0 Å². The Kier molecular flexibility index (Phi) is 4.02. The van der Waals surface area contributed by atoms with E-state index in [1.54, 1.807) is 0 Å². The third-order valence-corrected chi connectivity index (χ3v) is 2.67. The summed E-state index contributed by atoms with van der Waals surface area (Å²) in [7, 11) is 0. The molecule has 0 radical (unpaired) electrons. The highest BCUT2D eigenvalue weighted by Crippen LogP contribution is 2.27. The van der Waals surface area contributed by atoms with Crippen molar-refractivity contribution in [1.29, 1.82) is 0 Å². The van der Waals surface area contributed by atoms with E-state index in [1.807, 2.05) is 0 Å². The lowest BCUT2D eigenvalue weighted by Gasteiger charge is -2.32. The Morgan fingerprint density at radius 3 is 2.50 bits per heavy atom. The Bertz CT molecular complexity index is 119. The van der Waals surface area contributed by atoms with Gasteiger partial charge in [-0.25, -0.2) is 0 Å².